The van der Waals surface area contributed by atoms with E-state index < -0.39 is 0 Å². The van der Waals surface area contributed by atoms with Crippen molar-refractivity contribution in [3.8, 4) is 0 Å². The molecule has 0 rings (SSSR count). The zero-order valence-electron chi connectivity index (χ0n) is 6.22. The molecule has 0 aromatic carbocycles. The molecule has 0 aliphatic carbocycles. The predicted molar refractivity (Wildman–Crippen MR) is 46.0 cm³/mol. The van der Waals surface area contributed by atoms with Crippen molar-refractivity contribution in [2.24, 2.45) is 10.9 Å². The molecule has 1 nitrogen and oxygen atoms in total. The van der Waals surface area contributed by atoms with Gasteiger partial charge in [0.1, 0.15) is 0 Å². The van der Waals surface area contributed by atoms with E-state index in [9.17, 15) is 0 Å². The van der Waals surface area contributed by atoms with Crippen LogP contribution in [0.1, 0.15) is 13.8 Å². The maximum Gasteiger partial charge on any atom is 0.0739 e. The summed E-state index contributed by atoms with van der Waals surface area (Å²) < 4.78 is 0. The van der Waals surface area contributed by atoms with Gasteiger partial charge in [-0.25, -0.2) is 0 Å². The predicted octanol–water partition coefficient (Wildman–Crippen LogP) is 2.55. The summed E-state index contributed by atoms with van der Waals surface area (Å²) in [6.07, 6.45) is 0. The van der Waals surface area contributed by atoms with E-state index in [0.29, 0.717) is 5.92 Å². The van der Waals surface area contributed by atoms with Gasteiger partial charge in [0.05, 0.1) is 5.04 Å². The summed E-state index contributed by atoms with van der Waals surface area (Å²) in [5.41, 5.74) is 0. The second kappa shape index (κ2) is 4.62. The number of rotatable bonds is 2. The molecule has 0 aromatic heterocycles. The molecular weight excluding hydrogens is 130 g/mol. The number of hydrogen-bond acceptors (Lipinski definition) is 2. The first-order valence-electron chi connectivity index (χ1n) is 2.96. The van der Waals surface area contributed by atoms with Gasteiger partial charge in [-0.3, -0.25) is 4.99 Å². The molecule has 2 heteroatoms. The molecule has 0 aliphatic heterocycles. The number of aliphatic imine (C=N–C) groups is 1. The Bertz CT molecular complexity index is 116. The number of nitrogens with zero attached hydrogens (tertiary/aromatic N) is 1. The SMILES string of the molecule is C=CSC(=NC)C(C)C. The Hall–Kier alpha value is -0.240. The molecule has 0 saturated heterocycles. The first-order valence-corrected chi connectivity index (χ1v) is 3.84. The van der Waals surface area contributed by atoms with Crippen molar-refractivity contribution in [1.82, 2.24) is 0 Å². The topological polar surface area (TPSA) is 12.4 Å². The van der Waals surface area contributed by atoms with E-state index in [0.717, 1.165) is 5.04 Å². The van der Waals surface area contributed by atoms with Crippen LogP contribution in [0.4, 0.5) is 0 Å². The summed E-state index contributed by atoms with van der Waals surface area (Å²) in [7, 11) is 1.81. The Morgan fingerprint density at radius 3 is 2.33 bits per heavy atom. The van der Waals surface area contributed by atoms with E-state index in [4.69, 9.17) is 0 Å². The highest BCUT2D eigenvalue weighted by atomic mass is 32.2. The zero-order valence-corrected chi connectivity index (χ0v) is 7.03. The first kappa shape index (κ1) is 8.76. The van der Waals surface area contributed by atoms with Gasteiger partial charge in [0.25, 0.3) is 0 Å². The highest BCUT2D eigenvalue weighted by Crippen LogP contribution is 2.12. The minimum absolute atomic E-state index is 0.526. The third kappa shape index (κ3) is 3.36. The fourth-order valence-electron chi connectivity index (χ4n) is 0.532. The van der Waals surface area contributed by atoms with Crippen LogP contribution in [0.25, 0.3) is 0 Å². The normalized spacial score (nSPS) is 12.2. The molecule has 0 bridgehead atoms. The lowest BCUT2D eigenvalue weighted by Crippen LogP contribution is -2.00. The Morgan fingerprint density at radius 2 is 2.22 bits per heavy atom. The van der Waals surface area contributed by atoms with Gasteiger partial charge in [0, 0.05) is 13.0 Å². The van der Waals surface area contributed by atoms with Crippen molar-refractivity contribution in [1.29, 1.82) is 0 Å². The molecule has 0 aromatic rings. The van der Waals surface area contributed by atoms with Gasteiger partial charge < -0.3 is 0 Å². The van der Waals surface area contributed by atoms with Crippen molar-refractivity contribution in [3.05, 3.63) is 12.0 Å². The highest BCUT2D eigenvalue weighted by Gasteiger charge is 2.00. The Labute approximate surface area is 61.3 Å². The number of thioether (sulfide) groups is 1. The Morgan fingerprint density at radius 1 is 1.67 bits per heavy atom. The first-order chi connectivity index (χ1) is 4.22. The summed E-state index contributed by atoms with van der Waals surface area (Å²) in [5.74, 6) is 0.526. The number of hydrogen-bond donors (Lipinski definition) is 0. The summed E-state index contributed by atoms with van der Waals surface area (Å²) in [5, 5.41) is 2.95. The molecule has 0 heterocycles. The molecule has 0 fully saturated rings. The van der Waals surface area contributed by atoms with Gasteiger partial charge >= 0.3 is 0 Å². The third-order valence-corrected chi connectivity index (χ3v) is 1.98. The van der Waals surface area contributed by atoms with Crippen LogP contribution in [0.15, 0.2) is 17.0 Å². The van der Waals surface area contributed by atoms with E-state index in [1.807, 2.05) is 12.5 Å². The molecule has 0 unspecified atom stereocenters. The van der Waals surface area contributed by atoms with Crippen LogP contribution in [-0.2, 0) is 0 Å². The molecular formula is C7H13NS. The standard InChI is InChI=1S/C7H13NS/c1-5-9-7(8-4)6(2)3/h5-6H,1H2,2-4H3. The van der Waals surface area contributed by atoms with E-state index in [1.165, 1.54) is 0 Å². The van der Waals surface area contributed by atoms with Crippen LogP contribution < -0.4 is 0 Å². The summed E-state index contributed by atoms with van der Waals surface area (Å²) in [6.45, 7) is 7.86. The molecule has 0 atom stereocenters. The fraction of sp³-hybridized carbons (Fsp3) is 0.571. The highest BCUT2D eigenvalue weighted by molar-refractivity contribution is 8.16. The lowest BCUT2D eigenvalue weighted by atomic mass is 10.2. The summed E-state index contributed by atoms with van der Waals surface area (Å²) in [6, 6.07) is 0. The lowest BCUT2D eigenvalue weighted by molar-refractivity contribution is 0.898. The summed E-state index contributed by atoms with van der Waals surface area (Å²) >= 11 is 1.60. The lowest BCUT2D eigenvalue weighted by Gasteiger charge is -2.03. The van der Waals surface area contributed by atoms with Gasteiger partial charge in [-0.1, -0.05) is 32.2 Å². The molecule has 0 saturated carbocycles. The maximum absolute atomic E-state index is 4.09. The Kier molecular flexibility index (Phi) is 4.50. The van der Waals surface area contributed by atoms with E-state index >= 15 is 0 Å². The van der Waals surface area contributed by atoms with Crippen LogP contribution in [-0.4, -0.2) is 12.1 Å². The van der Waals surface area contributed by atoms with Crippen LogP contribution in [0.2, 0.25) is 0 Å². The second-order valence-electron chi connectivity index (χ2n) is 2.00. The summed E-state index contributed by atoms with van der Waals surface area (Å²) in [4.78, 5) is 4.09. The molecule has 0 aliphatic rings. The molecule has 0 spiro atoms. The minimum atomic E-state index is 0.526. The van der Waals surface area contributed by atoms with Crippen molar-refractivity contribution >= 4 is 16.8 Å². The van der Waals surface area contributed by atoms with E-state index in [2.05, 4.69) is 25.4 Å². The van der Waals surface area contributed by atoms with Crippen molar-refractivity contribution in [2.45, 2.75) is 13.8 Å². The van der Waals surface area contributed by atoms with Crippen LogP contribution in [0, 0.1) is 5.92 Å². The Balaban J connectivity index is 3.84. The van der Waals surface area contributed by atoms with Crippen LogP contribution in [0.5, 0.6) is 0 Å². The molecule has 9 heavy (non-hydrogen) atoms. The largest absolute Gasteiger partial charge is 0.286 e. The van der Waals surface area contributed by atoms with E-state index in [1.54, 1.807) is 11.8 Å². The quantitative estimate of drug-likeness (QED) is 0.427. The van der Waals surface area contributed by atoms with E-state index in [-0.39, 0.29) is 0 Å². The molecule has 0 radical (unpaired) electrons. The van der Waals surface area contributed by atoms with Crippen molar-refractivity contribution < 1.29 is 0 Å². The van der Waals surface area contributed by atoms with Crippen LogP contribution in [0.3, 0.4) is 0 Å². The van der Waals surface area contributed by atoms with Gasteiger partial charge in [0.2, 0.25) is 0 Å². The van der Waals surface area contributed by atoms with Gasteiger partial charge in [-0.2, -0.15) is 0 Å². The third-order valence-electron chi connectivity index (χ3n) is 0.918. The van der Waals surface area contributed by atoms with Gasteiger partial charge in [0.15, 0.2) is 0 Å². The van der Waals surface area contributed by atoms with Crippen molar-refractivity contribution in [2.75, 3.05) is 7.05 Å². The molecule has 0 amide bonds. The second-order valence-corrected chi connectivity index (χ2v) is 2.99. The van der Waals surface area contributed by atoms with Crippen LogP contribution >= 0.6 is 11.8 Å². The van der Waals surface area contributed by atoms with Crippen molar-refractivity contribution in [3.63, 3.8) is 0 Å². The zero-order chi connectivity index (χ0) is 7.28. The fourth-order valence-corrected chi connectivity index (χ4v) is 1.08. The monoisotopic (exact) mass is 143 g/mol. The molecule has 52 valence electrons. The van der Waals surface area contributed by atoms with Gasteiger partial charge in [-0.05, 0) is 5.41 Å². The maximum atomic E-state index is 4.09. The minimum Gasteiger partial charge on any atom is -0.286 e. The smallest absolute Gasteiger partial charge is 0.0739 e. The molecule has 0 N–H and O–H groups in total. The average Bonchev–Trinajstić information content (AvgIpc) is 1.82. The van der Waals surface area contributed by atoms with Gasteiger partial charge in [-0.15, -0.1) is 0 Å². The average molecular weight is 143 g/mol.